The van der Waals surface area contributed by atoms with E-state index >= 15 is 0 Å². The van der Waals surface area contributed by atoms with E-state index in [1.54, 1.807) is 38.1 Å². The van der Waals surface area contributed by atoms with Gasteiger partial charge in [-0.15, -0.1) is 0 Å². The fourth-order valence-electron chi connectivity index (χ4n) is 1.17. The minimum absolute atomic E-state index is 0.0899. The Bertz CT molecular complexity index is 374. The lowest BCUT2D eigenvalue weighted by Crippen LogP contribution is -2.48. The van der Waals surface area contributed by atoms with E-state index in [1.807, 2.05) is 0 Å². The molecule has 1 aromatic rings. The fourth-order valence-corrected chi connectivity index (χ4v) is 1.17. The molecule has 1 amide bonds. The van der Waals surface area contributed by atoms with Crippen LogP contribution in [0.1, 0.15) is 13.8 Å². The Balaban J connectivity index is 2.41. The molecule has 1 aromatic carbocycles. The van der Waals surface area contributed by atoms with Crippen molar-refractivity contribution in [2.24, 2.45) is 0 Å². The zero-order valence-electron chi connectivity index (χ0n) is 10.1. The topological polar surface area (TPSA) is 84.6 Å². The molecule has 94 valence electrons. The summed E-state index contributed by atoms with van der Waals surface area (Å²) < 4.78 is 5.26. The molecular formula is C12H18N2O3. The molecular weight excluding hydrogens is 220 g/mol. The molecule has 0 heterocycles. The van der Waals surface area contributed by atoms with Gasteiger partial charge in [-0.2, -0.15) is 0 Å². The van der Waals surface area contributed by atoms with Crippen molar-refractivity contribution in [2.45, 2.75) is 19.4 Å². The van der Waals surface area contributed by atoms with Crippen LogP contribution in [-0.2, 0) is 4.79 Å². The molecule has 0 atom stereocenters. The van der Waals surface area contributed by atoms with Crippen LogP contribution in [0.25, 0.3) is 0 Å². The lowest BCUT2D eigenvalue weighted by molar-refractivity contribution is -0.125. The number of ether oxygens (including phenoxy) is 1. The predicted molar refractivity (Wildman–Crippen MR) is 65.7 cm³/mol. The number of benzene rings is 1. The van der Waals surface area contributed by atoms with Crippen LogP contribution in [0.15, 0.2) is 24.3 Å². The number of amides is 1. The normalized spacial score (nSPS) is 11.0. The molecule has 0 saturated heterocycles. The monoisotopic (exact) mass is 238 g/mol. The summed E-state index contributed by atoms with van der Waals surface area (Å²) >= 11 is 0. The number of carbonyl (C=O) groups excluding carboxylic acids is 1. The van der Waals surface area contributed by atoms with Gasteiger partial charge in [-0.3, -0.25) is 4.79 Å². The highest BCUT2D eigenvalue weighted by molar-refractivity contribution is 5.78. The summed E-state index contributed by atoms with van der Waals surface area (Å²) in [6.45, 7) is 3.25. The number of nitrogens with one attached hydrogen (secondary N) is 1. The minimum Gasteiger partial charge on any atom is -0.484 e. The molecule has 5 heteroatoms. The van der Waals surface area contributed by atoms with Gasteiger partial charge < -0.3 is 20.9 Å². The van der Waals surface area contributed by atoms with Gasteiger partial charge in [0.1, 0.15) is 5.75 Å². The summed E-state index contributed by atoms with van der Waals surface area (Å²) in [5.41, 5.74) is 5.53. The number of nitrogens with two attached hydrogens (primary N) is 1. The third kappa shape index (κ3) is 4.74. The van der Waals surface area contributed by atoms with E-state index in [0.29, 0.717) is 11.4 Å². The molecule has 0 aliphatic carbocycles. The summed E-state index contributed by atoms with van der Waals surface area (Å²) in [7, 11) is 0. The zero-order chi connectivity index (χ0) is 12.9. The van der Waals surface area contributed by atoms with Gasteiger partial charge in [0.25, 0.3) is 5.91 Å². The van der Waals surface area contributed by atoms with Crippen molar-refractivity contribution < 1.29 is 14.6 Å². The summed E-state index contributed by atoms with van der Waals surface area (Å²) in [6.07, 6.45) is 0. The molecule has 17 heavy (non-hydrogen) atoms. The standard InChI is InChI=1S/C12H18N2O3/c1-12(2,8-15)14-11(16)7-17-10-5-3-9(13)4-6-10/h3-6,15H,7-8,13H2,1-2H3,(H,14,16). The first-order valence-electron chi connectivity index (χ1n) is 5.33. The Labute approximate surface area is 101 Å². The molecule has 0 bridgehead atoms. The number of anilines is 1. The van der Waals surface area contributed by atoms with E-state index in [4.69, 9.17) is 15.6 Å². The summed E-state index contributed by atoms with van der Waals surface area (Å²) in [5.74, 6) is 0.303. The van der Waals surface area contributed by atoms with Crippen LogP contribution < -0.4 is 15.8 Å². The minimum atomic E-state index is -0.637. The van der Waals surface area contributed by atoms with Crippen LogP contribution >= 0.6 is 0 Å². The summed E-state index contributed by atoms with van der Waals surface area (Å²) in [4.78, 5) is 11.5. The van der Waals surface area contributed by atoms with E-state index in [1.165, 1.54) is 0 Å². The largest absolute Gasteiger partial charge is 0.484 e. The Hall–Kier alpha value is -1.75. The summed E-state index contributed by atoms with van der Waals surface area (Å²) in [6, 6.07) is 6.79. The number of aliphatic hydroxyl groups excluding tert-OH is 1. The molecule has 4 N–H and O–H groups in total. The Morgan fingerprint density at radius 3 is 2.53 bits per heavy atom. The molecule has 0 aliphatic heterocycles. The fraction of sp³-hybridized carbons (Fsp3) is 0.417. The Morgan fingerprint density at radius 1 is 1.41 bits per heavy atom. The molecule has 0 aromatic heterocycles. The van der Waals surface area contributed by atoms with E-state index in [-0.39, 0.29) is 19.1 Å². The molecule has 0 radical (unpaired) electrons. The predicted octanol–water partition coefficient (Wildman–Crippen LogP) is 0.535. The Kier molecular flexibility index (Phi) is 4.34. The number of hydrogen-bond acceptors (Lipinski definition) is 4. The van der Waals surface area contributed by atoms with E-state index < -0.39 is 5.54 Å². The van der Waals surface area contributed by atoms with Crippen LogP contribution in [0, 0.1) is 0 Å². The van der Waals surface area contributed by atoms with Crippen molar-refractivity contribution in [3.8, 4) is 5.75 Å². The van der Waals surface area contributed by atoms with E-state index in [9.17, 15) is 4.79 Å². The second-order valence-electron chi connectivity index (χ2n) is 4.45. The number of nitrogen functional groups attached to an aromatic ring is 1. The van der Waals surface area contributed by atoms with Crippen LogP contribution in [0.3, 0.4) is 0 Å². The van der Waals surface area contributed by atoms with Gasteiger partial charge in [-0.25, -0.2) is 0 Å². The van der Waals surface area contributed by atoms with Crippen LogP contribution in [-0.4, -0.2) is 29.8 Å². The second kappa shape index (κ2) is 5.54. The Morgan fingerprint density at radius 2 is 2.00 bits per heavy atom. The third-order valence-electron chi connectivity index (χ3n) is 2.12. The molecule has 1 rings (SSSR count). The second-order valence-corrected chi connectivity index (χ2v) is 4.45. The highest BCUT2D eigenvalue weighted by Crippen LogP contribution is 2.12. The first kappa shape index (κ1) is 13.3. The maximum atomic E-state index is 11.5. The van der Waals surface area contributed by atoms with Crippen LogP contribution in [0.4, 0.5) is 5.69 Å². The average Bonchev–Trinajstić information content (AvgIpc) is 2.28. The number of aliphatic hydroxyl groups is 1. The van der Waals surface area contributed by atoms with Crippen LogP contribution in [0.2, 0.25) is 0 Å². The molecule has 0 aliphatic rings. The van der Waals surface area contributed by atoms with Crippen molar-refractivity contribution >= 4 is 11.6 Å². The van der Waals surface area contributed by atoms with E-state index in [0.717, 1.165) is 0 Å². The number of carbonyl (C=O) groups is 1. The first-order valence-corrected chi connectivity index (χ1v) is 5.33. The molecule has 0 unspecified atom stereocenters. The highest BCUT2D eigenvalue weighted by Gasteiger charge is 2.18. The van der Waals surface area contributed by atoms with Gasteiger partial charge in [-0.1, -0.05) is 0 Å². The van der Waals surface area contributed by atoms with Crippen molar-refractivity contribution in [1.29, 1.82) is 0 Å². The maximum Gasteiger partial charge on any atom is 0.258 e. The average molecular weight is 238 g/mol. The highest BCUT2D eigenvalue weighted by atomic mass is 16.5. The van der Waals surface area contributed by atoms with Crippen molar-refractivity contribution in [2.75, 3.05) is 18.9 Å². The van der Waals surface area contributed by atoms with Gasteiger partial charge in [0, 0.05) is 5.69 Å². The molecule has 0 fully saturated rings. The smallest absolute Gasteiger partial charge is 0.258 e. The van der Waals surface area contributed by atoms with Crippen molar-refractivity contribution in [3.05, 3.63) is 24.3 Å². The first-order chi connectivity index (χ1) is 7.93. The lowest BCUT2D eigenvalue weighted by Gasteiger charge is -2.23. The number of hydrogen-bond donors (Lipinski definition) is 3. The van der Waals surface area contributed by atoms with Crippen LogP contribution in [0.5, 0.6) is 5.75 Å². The summed E-state index contributed by atoms with van der Waals surface area (Å²) in [5, 5.41) is 11.6. The van der Waals surface area contributed by atoms with Gasteiger partial charge in [-0.05, 0) is 38.1 Å². The van der Waals surface area contributed by atoms with E-state index in [2.05, 4.69) is 5.32 Å². The van der Waals surface area contributed by atoms with Gasteiger partial charge in [0.2, 0.25) is 0 Å². The number of rotatable bonds is 5. The lowest BCUT2D eigenvalue weighted by atomic mass is 10.1. The van der Waals surface area contributed by atoms with Crippen molar-refractivity contribution in [1.82, 2.24) is 5.32 Å². The molecule has 0 spiro atoms. The molecule has 5 nitrogen and oxygen atoms in total. The third-order valence-corrected chi connectivity index (χ3v) is 2.12. The molecule has 0 saturated carbocycles. The SMILES string of the molecule is CC(C)(CO)NC(=O)COc1ccc(N)cc1. The van der Waals surface area contributed by atoms with Gasteiger partial charge in [0.05, 0.1) is 12.1 Å². The zero-order valence-corrected chi connectivity index (χ0v) is 10.1. The van der Waals surface area contributed by atoms with Gasteiger partial charge in [0.15, 0.2) is 6.61 Å². The van der Waals surface area contributed by atoms with Crippen molar-refractivity contribution in [3.63, 3.8) is 0 Å². The maximum absolute atomic E-state index is 11.5. The van der Waals surface area contributed by atoms with Gasteiger partial charge >= 0.3 is 0 Å². The quantitative estimate of drug-likeness (QED) is 0.653.